The van der Waals surface area contributed by atoms with Gasteiger partial charge < -0.3 is 19.7 Å². The molecule has 1 atom stereocenters. The molecule has 0 aromatic heterocycles. The van der Waals surface area contributed by atoms with Crippen LogP contribution in [0.3, 0.4) is 0 Å². The molecule has 2 aliphatic rings. The maximum Gasteiger partial charge on any atom is 0.245 e. The van der Waals surface area contributed by atoms with Gasteiger partial charge in [0.05, 0.1) is 14.2 Å². The number of amides is 2. The molecule has 166 valence electrons. The number of carbonyl (C=O) groups is 2. The van der Waals surface area contributed by atoms with E-state index in [1.165, 1.54) is 32.1 Å². The van der Waals surface area contributed by atoms with E-state index in [9.17, 15) is 9.59 Å². The molecule has 3 rings (SSSR count). The van der Waals surface area contributed by atoms with Gasteiger partial charge in [-0.3, -0.25) is 9.59 Å². The largest absolute Gasteiger partial charge is 0.493 e. The lowest BCUT2D eigenvalue weighted by Crippen LogP contribution is -2.56. The van der Waals surface area contributed by atoms with Crippen LogP contribution in [0.15, 0.2) is 18.2 Å². The maximum atomic E-state index is 13.2. The Morgan fingerprint density at radius 3 is 2.43 bits per heavy atom. The van der Waals surface area contributed by atoms with Crippen molar-refractivity contribution in [3.05, 3.63) is 23.8 Å². The van der Waals surface area contributed by atoms with Crippen LogP contribution in [-0.2, 0) is 16.0 Å². The van der Waals surface area contributed by atoms with Crippen molar-refractivity contribution in [1.29, 1.82) is 0 Å². The van der Waals surface area contributed by atoms with E-state index in [1.807, 2.05) is 25.1 Å². The standard InChI is InChI=1S/C24H36N2O4/c1-24(23(28)25-19-9-7-5-4-6-8-10-19)15-13-22(27)26(24)16-14-18-11-12-20(29-2)21(17-18)30-3/h11-12,17,19H,4-10,13-16H2,1-3H3,(H,25,28). The second-order valence-electron chi connectivity index (χ2n) is 8.77. The third-order valence-electron chi connectivity index (χ3n) is 6.72. The Bertz CT molecular complexity index is 743. The van der Waals surface area contributed by atoms with Gasteiger partial charge in [0.2, 0.25) is 11.8 Å². The van der Waals surface area contributed by atoms with Gasteiger partial charge in [0.25, 0.3) is 0 Å². The smallest absolute Gasteiger partial charge is 0.245 e. The van der Waals surface area contributed by atoms with Crippen LogP contribution in [0, 0.1) is 0 Å². The van der Waals surface area contributed by atoms with Gasteiger partial charge in [-0.25, -0.2) is 0 Å². The van der Waals surface area contributed by atoms with Crippen LogP contribution in [0.5, 0.6) is 11.5 Å². The molecule has 0 bridgehead atoms. The molecule has 6 heteroatoms. The molecule has 1 N–H and O–H groups in total. The van der Waals surface area contributed by atoms with Crippen LogP contribution in [0.2, 0.25) is 0 Å². The number of hydrogen-bond donors (Lipinski definition) is 1. The molecule has 1 saturated carbocycles. The van der Waals surface area contributed by atoms with Gasteiger partial charge in [0.15, 0.2) is 11.5 Å². The zero-order valence-corrected chi connectivity index (χ0v) is 18.7. The molecule has 2 amide bonds. The minimum absolute atomic E-state index is 0.00577. The van der Waals surface area contributed by atoms with Crippen molar-refractivity contribution >= 4 is 11.8 Å². The number of carbonyl (C=O) groups excluding carboxylic acids is 2. The monoisotopic (exact) mass is 416 g/mol. The summed E-state index contributed by atoms with van der Waals surface area (Å²) >= 11 is 0. The normalized spacial score (nSPS) is 23.0. The molecule has 1 heterocycles. The average molecular weight is 417 g/mol. The Morgan fingerprint density at radius 1 is 1.10 bits per heavy atom. The topological polar surface area (TPSA) is 67.9 Å². The predicted molar refractivity (Wildman–Crippen MR) is 117 cm³/mol. The highest BCUT2D eigenvalue weighted by molar-refractivity contribution is 5.94. The Hall–Kier alpha value is -2.24. The summed E-state index contributed by atoms with van der Waals surface area (Å²) in [7, 11) is 3.23. The Balaban J connectivity index is 1.65. The second-order valence-corrected chi connectivity index (χ2v) is 8.77. The summed E-state index contributed by atoms with van der Waals surface area (Å²) in [6.07, 6.45) is 9.90. The van der Waals surface area contributed by atoms with Crippen molar-refractivity contribution < 1.29 is 19.1 Å². The summed E-state index contributed by atoms with van der Waals surface area (Å²) < 4.78 is 10.7. The molecule has 6 nitrogen and oxygen atoms in total. The number of rotatable bonds is 7. The number of hydrogen-bond acceptors (Lipinski definition) is 4. The molecule has 1 aromatic rings. The summed E-state index contributed by atoms with van der Waals surface area (Å²) in [4.78, 5) is 27.7. The second kappa shape index (κ2) is 10.2. The summed E-state index contributed by atoms with van der Waals surface area (Å²) in [6.45, 7) is 2.44. The molecule has 1 aromatic carbocycles. The third kappa shape index (κ3) is 5.08. The molecule has 2 fully saturated rings. The van der Waals surface area contributed by atoms with Gasteiger partial charge >= 0.3 is 0 Å². The Morgan fingerprint density at radius 2 is 1.77 bits per heavy atom. The molecule has 30 heavy (non-hydrogen) atoms. The van der Waals surface area contributed by atoms with Crippen molar-refractivity contribution in [1.82, 2.24) is 10.2 Å². The minimum atomic E-state index is -0.768. The maximum absolute atomic E-state index is 13.2. The van der Waals surface area contributed by atoms with Crippen LogP contribution in [0.25, 0.3) is 0 Å². The van der Waals surface area contributed by atoms with Gasteiger partial charge in [-0.2, -0.15) is 0 Å². The van der Waals surface area contributed by atoms with Crippen LogP contribution in [-0.4, -0.2) is 49.1 Å². The van der Waals surface area contributed by atoms with Crippen molar-refractivity contribution in [3.63, 3.8) is 0 Å². The van der Waals surface area contributed by atoms with Crippen molar-refractivity contribution in [2.24, 2.45) is 0 Å². The summed E-state index contributed by atoms with van der Waals surface area (Å²) in [5.41, 5.74) is 0.283. The number of nitrogens with one attached hydrogen (secondary N) is 1. The first-order valence-electron chi connectivity index (χ1n) is 11.3. The van der Waals surface area contributed by atoms with E-state index in [4.69, 9.17) is 9.47 Å². The highest BCUT2D eigenvalue weighted by atomic mass is 16.5. The van der Waals surface area contributed by atoms with E-state index >= 15 is 0 Å². The minimum Gasteiger partial charge on any atom is -0.493 e. The van der Waals surface area contributed by atoms with Crippen molar-refractivity contribution in [2.75, 3.05) is 20.8 Å². The summed E-state index contributed by atoms with van der Waals surface area (Å²) in [5.74, 6) is 1.42. The SMILES string of the molecule is COc1ccc(CCN2C(=O)CCC2(C)C(=O)NC2CCCCCCC2)cc1OC. The molecule has 1 aliphatic carbocycles. The van der Waals surface area contributed by atoms with Gasteiger partial charge in [0, 0.05) is 19.0 Å². The van der Waals surface area contributed by atoms with E-state index < -0.39 is 5.54 Å². The first-order valence-corrected chi connectivity index (χ1v) is 11.3. The van der Waals surface area contributed by atoms with Crippen LogP contribution < -0.4 is 14.8 Å². The highest BCUT2D eigenvalue weighted by Gasteiger charge is 2.47. The fourth-order valence-corrected chi connectivity index (χ4v) is 4.72. The predicted octanol–water partition coefficient (Wildman–Crippen LogP) is 3.86. The lowest BCUT2D eigenvalue weighted by atomic mass is 9.93. The molecular weight excluding hydrogens is 380 g/mol. The van der Waals surface area contributed by atoms with Gasteiger partial charge in [0.1, 0.15) is 5.54 Å². The Kier molecular flexibility index (Phi) is 7.62. The molecular formula is C24H36N2O4. The molecule has 1 saturated heterocycles. The quantitative estimate of drug-likeness (QED) is 0.733. The fraction of sp³-hybridized carbons (Fsp3) is 0.667. The number of likely N-dealkylation sites (tertiary alicyclic amines) is 1. The Labute approximate surface area is 180 Å². The van der Waals surface area contributed by atoms with Gasteiger partial charge in [-0.05, 0) is 50.3 Å². The van der Waals surface area contributed by atoms with Crippen LogP contribution >= 0.6 is 0 Å². The first-order chi connectivity index (χ1) is 14.5. The van der Waals surface area contributed by atoms with Gasteiger partial charge in [-0.15, -0.1) is 0 Å². The van der Waals surface area contributed by atoms with E-state index in [0.717, 1.165) is 18.4 Å². The van der Waals surface area contributed by atoms with E-state index in [0.29, 0.717) is 37.3 Å². The number of benzene rings is 1. The third-order valence-corrected chi connectivity index (χ3v) is 6.72. The fourth-order valence-electron chi connectivity index (χ4n) is 4.72. The molecule has 1 aliphatic heterocycles. The van der Waals surface area contributed by atoms with Gasteiger partial charge in [-0.1, -0.05) is 38.2 Å². The summed E-state index contributed by atoms with van der Waals surface area (Å²) in [6, 6.07) is 6.03. The lowest BCUT2D eigenvalue weighted by molar-refractivity contribution is -0.141. The van der Waals surface area contributed by atoms with Crippen molar-refractivity contribution in [3.8, 4) is 11.5 Å². The van der Waals surface area contributed by atoms with E-state index in [2.05, 4.69) is 5.32 Å². The van der Waals surface area contributed by atoms with Crippen LogP contribution in [0.4, 0.5) is 0 Å². The summed E-state index contributed by atoms with van der Waals surface area (Å²) in [5, 5.41) is 3.28. The number of ether oxygens (including phenoxy) is 2. The number of methoxy groups -OCH3 is 2. The zero-order chi connectivity index (χ0) is 21.6. The molecule has 1 unspecified atom stereocenters. The van der Waals surface area contributed by atoms with Crippen molar-refractivity contribution in [2.45, 2.75) is 82.7 Å². The molecule has 0 radical (unpaired) electrons. The van der Waals surface area contributed by atoms with Crippen LogP contribution in [0.1, 0.15) is 70.3 Å². The number of nitrogens with zero attached hydrogens (tertiary/aromatic N) is 1. The molecule has 0 spiro atoms. The zero-order valence-electron chi connectivity index (χ0n) is 18.7. The highest BCUT2D eigenvalue weighted by Crippen LogP contribution is 2.32. The lowest BCUT2D eigenvalue weighted by Gasteiger charge is -2.35. The van der Waals surface area contributed by atoms with E-state index in [1.54, 1.807) is 19.1 Å². The first kappa shape index (κ1) is 22.4. The van der Waals surface area contributed by atoms with E-state index in [-0.39, 0.29) is 17.9 Å². The average Bonchev–Trinajstić information content (AvgIpc) is 3.03.